The van der Waals surface area contributed by atoms with Crippen molar-refractivity contribution in [2.45, 2.75) is 18.4 Å². The van der Waals surface area contributed by atoms with Crippen molar-refractivity contribution in [3.63, 3.8) is 0 Å². The highest BCUT2D eigenvalue weighted by molar-refractivity contribution is 5.83. The monoisotopic (exact) mass is 328 g/mol. The van der Waals surface area contributed by atoms with Crippen LogP contribution in [0.25, 0.3) is 0 Å². The first kappa shape index (κ1) is 15.6. The van der Waals surface area contributed by atoms with E-state index >= 15 is 0 Å². The van der Waals surface area contributed by atoms with Crippen molar-refractivity contribution in [2.75, 3.05) is 0 Å². The van der Waals surface area contributed by atoms with E-state index in [1.807, 2.05) is 66.9 Å². The molecule has 0 bridgehead atoms. The topological polar surface area (TPSA) is 42.0 Å². The fourth-order valence-corrected chi connectivity index (χ4v) is 3.35. The zero-order valence-electron chi connectivity index (χ0n) is 13.9. The fourth-order valence-electron chi connectivity index (χ4n) is 3.35. The third-order valence-corrected chi connectivity index (χ3v) is 4.79. The number of nitrogens with one attached hydrogen (secondary N) is 1. The van der Waals surface area contributed by atoms with Crippen molar-refractivity contribution in [3.05, 3.63) is 102 Å². The van der Waals surface area contributed by atoms with Crippen LogP contribution in [0.4, 0.5) is 0 Å². The molecule has 1 aliphatic rings. The van der Waals surface area contributed by atoms with Gasteiger partial charge in [0.2, 0.25) is 5.91 Å². The molecule has 2 aromatic carbocycles. The predicted octanol–water partition coefficient (Wildman–Crippen LogP) is 4.09. The van der Waals surface area contributed by atoms with E-state index in [1.165, 1.54) is 5.56 Å². The average Bonchev–Trinajstić information content (AvgIpc) is 3.49. The van der Waals surface area contributed by atoms with Crippen LogP contribution >= 0.6 is 0 Å². The van der Waals surface area contributed by atoms with Gasteiger partial charge < -0.3 is 5.32 Å². The lowest BCUT2D eigenvalue weighted by Crippen LogP contribution is -2.31. The zero-order valence-corrected chi connectivity index (χ0v) is 13.9. The Kier molecular flexibility index (Phi) is 4.30. The van der Waals surface area contributed by atoms with Crippen molar-refractivity contribution in [2.24, 2.45) is 5.92 Å². The molecular weight excluding hydrogens is 308 g/mol. The van der Waals surface area contributed by atoms with Crippen molar-refractivity contribution < 1.29 is 4.79 Å². The van der Waals surface area contributed by atoms with E-state index in [4.69, 9.17) is 0 Å². The van der Waals surface area contributed by atoms with Gasteiger partial charge in [0.1, 0.15) is 0 Å². The molecule has 0 saturated heterocycles. The van der Waals surface area contributed by atoms with E-state index in [1.54, 1.807) is 6.20 Å². The maximum absolute atomic E-state index is 12.8. The summed E-state index contributed by atoms with van der Waals surface area (Å²) in [6.45, 7) is 0. The van der Waals surface area contributed by atoms with Gasteiger partial charge in [-0.1, -0.05) is 66.7 Å². The van der Waals surface area contributed by atoms with Crippen LogP contribution in [0.15, 0.2) is 85.2 Å². The third kappa shape index (κ3) is 3.45. The van der Waals surface area contributed by atoms with Gasteiger partial charge in [0, 0.05) is 18.3 Å². The fraction of sp³-hybridized carbons (Fsp3) is 0.182. The van der Waals surface area contributed by atoms with E-state index in [0.717, 1.165) is 17.5 Å². The number of carbonyl (C=O) groups is 1. The lowest BCUT2D eigenvalue weighted by molar-refractivity contribution is -0.122. The highest BCUT2D eigenvalue weighted by atomic mass is 16.2. The number of pyridine rings is 1. The number of benzene rings is 2. The van der Waals surface area contributed by atoms with Crippen LogP contribution in [-0.2, 0) is 4.79 Å². The Morgan fingerprint density at radius 3 is 2.28 bits per heavy atom. The highest BCUT2D eigenvalue weighted by Gasteiger charge is 2.44. The summed E-state index contributed by atoms with van der Waals surface area (Å²) in [5.74, 6) is 0.517. The Labute approximate surface area is 147 Å². The summed E-state index contributed by atoms with van der Waals surface area (Å²) >= 11 is 0. The summed E-state index contributed by atoms with van der Waals surface area (Å²) in [5, 5.41) is 3.23. The summed E-state index contributed by atoms with van der Waals surface area (Å²) in [7, 11) is 0. The largest absolute Gasteiger partial charge is 0.345 e. The van der Waals surface area contributed by atoms with Crippen LogP contribution in [0.1, 0.15) is 35.1 Å². The third-order valence-electron chi connectivity index (χ3n) is 4.79. The Hall–Kier alpha value is -2.94. The number of hydrogen-bond acceptors (Lipinski definition) is 2. The summed E-state index contributed by atoms with van der Waals surface area (Å²) in [6.07, 6.45) is 4.49. The summed E-state index contributed by atoms with van der Waals surface area (Å²) in [4.78, 5) is 17.0. The standard InChI is InChI=1S/C22H20N2O/c25-22(20-14-19(20)16-8-3-1-4-9-16)24-21(17-10-5-2-6-11-17)18-12-7-13-23-15-18/h1-13,15,19-21H,14H2,(H,24,25)/t19-,20-,21-/m1/s1. The lowest BCUT2D eigenvalue weighted by atomic mass is 9.99. The molecule has 25 heavy (non-hydrogen) atoms. The molecule has 3 heteroatoms. The molecular formula is C22H20N2O. The van der Waals surface area contributed by atoms with Gasteiger partial charge in [-0.2, -0.15) is 0 Å². The molecule has 1 amide bonds. The Bertz CT molecular complexity index is 794. The van der Waals surface area contributed by atoms with Gasteiger partial charge in [0.25, 0.3) is 0 Å². The second kappa shape index (κ2) is 6.89. The van der Waals surface area contributed by atoms with Gasteiger partial charge in [-0.3, -0.25) is 9.78 Å². The first-order chi connectivity index (χ1) is 12.3. The van der Waals surface area contributed by atoms with Crippen LogP contribution in [0, 0.1) is 5.92 Å². The SMILES string of the molecule is O=C(N[C@H](c1ccccc1)c1cccnc1)[C@@H]1C[C@@H]1c1ccccc1. The van der Waals surface area contributed by atoms with Gasteiger partial charge >= 0.3 is 0 Å². The smallest absolute Gasteiger partial charge is 0.224 e. The summed E-state index contributed by atoms with van der Waals surface area (Å²) in [6, 6.07) is 24.1. The molecule has 1 heterocycles. The Morgan fingerprint density at radius 2 is 1.60 bits per heavy atom. The van der Waals surface area contributed by atoms with Crippen LogP contribution in [-0.4, -0.2) is 10.9 Å². The Balaban J connectivity index is 1.53. The van der Waals surface area contributed by atoms with Crippen LogP contribution < -0.4 is 5.32 Å². The van der Waals surface area contributed by atoms with E-state index in [9.17, 15) is 4.79 Å². The van der Waals surface area contributed by atoms with Crippen molar-refractivity contribution in [1.82, 2.24) is 10.3 Å². The average molecular weight is 328 g/mol. The number of rotatable bonds is 5. The molecule has 0 unspecified atom stereocenters. The van der Waals surface area contributed by atoms with E-state index < -0.39 is 0 Å². The number of hydrogen-bond donors (Lipinski definition) is 1. The van der Waals surface area contributed by atoms with Crippen LogP contribution in [0.3, 0.4) is 0 Å². The molecule has 124 valence electrons. The molecule has 1 aliphatic carbocycles. The first-order valence-electron chi connectivity index (χ1n) is 8.63. The molecule has 0 spiro atoms. The van der Waals surface area contributed by atoms with Crippen LogP contribution in [0.5, 0.6) is 0 Å². The van der Waals surface area contributed by atoms with Crippen molar-refractivity contribution in [1.29, 1.82) is 0 Å². The molecule has 1 saturated carbocycles. The molecule has 1 fully saturated rings. The van der Waals surface area contributed by atoms with Gasteiger partial charge in [-0.15, -0.1) is 0 Å². The molecule has 3 aromatic rings. The predicted molar refractivity (Wildman–Crippen MR) is 98.0 cm³/mol. The van der Waals surface area contributed by atoms with E-state index in [2.05, 4.69) is 22.4 Å². The minimum atomic E-state index is -0.167. The second-order valence-corrected chi connectivity index (χ2v) is 6.50. The van der Waals surface area contributed by atoms with Crippen molar-refractivity contribution in [3.8, 4) is 0 Å². The minimum absolute atomic E-state index is 0.0604. The lowest BCUT2D eigenvalue weighted by Gasteiger charge is -2.19. The first-order valence-corrected chi connectivity index (χ1v) is 8.63. The highest BCUT2D eigenvalue weighted by Crippen LogP contribution is 2.47. The van der Waals surface area contributed by atoms with E-state index in [0.29, 0.717) is 5.92 Å². The summed E-state index contributed by atoms with van der Waals surface area (Å²) < 4.78 is 0. The number of amides is 1. The molecule has 0 radical (unpaired) electrons. The van der Waals surface area contributed by atoms with Crippen molar-refractivity contribution >= 4 is 5.91 Å². The van der Waals surface area contributed by atoms with Gasteiger partial charge in [0.15, 0.2) is 0 Å². The van der Waals surface area contributed by atoms with E-state index in [-0.39, 0.29) is 17.9 Å². The quantitative estimate of drug-likeness (QED) is 0.766. The molecule has 1 aromatic heterocycles. The zero-order chi connectivity index (χ0) is 17.1. The second-order valence-electron chi connectivity index (χ2n) is 6.50. The Morgan fingerprint density at radius 1 is 0.920 bits per heavy atom. The summed E-state index contributed by atoms with van der Waals surface area (Å²) in [5.41, 5.74) is 3.32. The number of nitrogens with zero attached hydrogens (tertiary/aromatic N) is 1. The molecule has 1 N–H and O–H groups in total. The molecule has 3 nitrogen and oxygen atoms in total. The minimum Gasteiger partial charge on any atom is -0.345 e. The normalized spacial score (nSPS) is 19.8. The van der Waals surface area contributed by atoms with Gasteiger partial charge in [-0.25, -0.2) is 0 Å². The number of aromatic nitrogens is 1. The number of carbonyl (C=O) groups excluding carboxylic acids is 1. The van der Waals surface area contributed by atoms with Gasteiger partial charge in [0.05, 0.1) is 6.04 Å². The molecule has 4 rings (SSSR count). The maximum atomic E-state index is 12.8. The maximum Gasteiger partial charge on any atom is 0.224 e. The van der Waals surface area contributed by atoms with Gasteiger partial charge in [-0.05, 0) is 35.1 Å². The molecule has 3 atom stereocenters. The molecule has 0 aliphatic heterocycles. The van der Waals surface area contributed by atoms with Crippen LogP contribution in [0.2, 0.25) is 0 Å².